The van der Waals surface area contributed by atoms with Crippen LogP contribution in [-0.4, -0.2) is 22.6 Å². The molecule has 0 aliphatic carbocycles. The van der Waals surface area contributed by atoms with Gasteiger partial charge < -0.3 is 11.1 Å². The highest BCUT2D eigenvalue weighted by Crippen LogP contribution is 2.25. The van der Waals surface area contributed by atoms with Crippen LogP contribution in [0.5, 0.6) is 0 Å². The number of rotatable bonds is 4. The molecular formula is C17H14F2N4O. The van der Waals surface area contributed by atoms with Gasteiger partial charge in [-0.2, -0.15) is 5.10 Å². The summed E-state index contributed by atoms with van der Waals surface area (Å²) in [6.07, 6.45) is 3.48. The first-order chi connectivity index (χ1) is 11.6. The summed E-state index contributed by atoms with van der Waals surface area (Å²) >= 11 is 0. The zero-order valence-electron chi connectivity index (χ0n) is 12.5. The highest BCUT2D eigenvalue weighted by Gasteiger charge is 2.11. The SMILES string of the molecule is NCC(=O)Nc1cc2c(/C=C/c3ccc(F)cc3)n[nH]c2cc1F. The summed E-state index contributed by atoms with van der Waals surface area (Å²) in [7, 11) is 0. The van der Waals surface area contributed by atoms with Gasteiger partial charge in [0.15, 0.2) is 0 Å². The first-order valence-electron chi connectivity index (χ1n) is 7.18. The lowest BCUT2D eigenvalue weighted by Crippen LogP contribution is -2.22. The fourth-order valence-corrected chi connectivity index (χ4v) is 2.23. The molecule has 3 aromatic rings. The molecule has 5 nitrogen and oxygen atoms in total. The van der Waals surface area contributed by atoms with Crippen LogP contribution in [0.2, 0.25) is 0 Å². The summed E-state index contributed by atoms with van der Waals surface area (Å²) in [6, 6.07) is 8.73. The second-order valence-corrected chi connectivity index (χ2v) is 5.12. The zero-order valence-corrected chi connectivity index (χ0v) is 12.5. The number of benzene rings is 2. The van der Waals surface area contributed by atoms with Crippen LogP contribution in [0.25, 0.3) is 23.1 Å². The molecule has 0 spiro atoms. The van der Waals surface area contributed by atoms with Gasteiger partial charge in [0, 0.05) is 11.5 Å². The Morgan fingerprint density at radius 1 is 1.21 bits per heavy atom. The van der Waals surface area contributed by atoms with Crippen LogP contribution < -0.4 is 11.1 Å². The highest BCUT2D eigenvalue weighted by molar-refractivity contribution is 5.97. The van der Waals surface area contributed by atoms with Crippen molar-refractivity contribution in [1.82, 2.24) is 10.2 Å². The average Bonchev–Trinajstić information content (AvgIpc) is 2.96. The van der Waals surface area contributed by atoms with Crippen LogP contribution >= 0.6 is 0 Å². The van der Waals surface area contributed by atoms with Crippen LogP contribution in [0.15, 0.2) is 36.4 Å². The normalized spacial score (nSPS) is 11.3. The van der Waals surface area contributed by atoms with Crippen molar-refractivity contribution in [3.63, 3.8) is 0 Å². The van der Waals surface area contributed by atoms with E-state index in [0.717, 1.165) is 5.56 Å². The number of H-pyrrole nitrogens is 1. The lowest BCUT2D eigenvalue weighted by Gasteiger charge is -2.05. The molecular weight excluding hydrogens is 314 g/mol. The van der Waals surface area contributed by atoms with Gasteiger partial charge in [0.25, 0.3) is 0 Å². The number of nitrogens with one attached hydrogen (secondary N) is 2. The lowest BCUT2D eigenvalue weighted by molar-refractivity contribution is -0.114. The van der Waals surface area contributed by atoms with E-state index in [0.29, 0.717) is 16.6 Å². The number of nitrogens with two attached hydrogens (primary N) is 1. The van der Waals surface area contributed by atoms with Crippen molar-refractivity contribution in [2.24, 2.45) is 5.73 Å². The van der Waals surface area contributed by atoms with Gasteiger partial charge in [-0.1, -0.05) is 18.2 Å². The maximum Gasteiger partial charge on any atom is 0.238 e. The molecule has 122 valence electrons. The number of fused-ring (bicyclic) bond motifs is 1. The van der Waals surface area contributed by atoms with Crippen molar-refractivity contribution in [2.45, 2.75) is 0 Å². The minimum absolute atomic E-state index is 0.0378. The molecule has 7 heteroatoms. The van der Waals surface area contributed by atoms with Crippen LogP contribution in [0, 0.1) is 11.6 Å². The Bertz CT molecular complexity index is 916. The van der Waals surface area contributed by atoms with Crippen molar-refractivity contribution in [3.8, 4) is 0 Å². The van der Waals surface area contributed by atoms with E-state index in [2.05, 4.69) is 15.5 Å². The first kappa shape index (κ1) is 15.8. The number of carbonyl (C=O) groups excluding carboxylic acids is 1. The molecule has 1 aromatic heterocycles. The van der Waals surface area contributed by atoms with E-state index in [1.54, 1.807) is 24.3 Å². The third kappa shape index (κ3) is 3.31. The summed E-state index contributed by atoms with van der Waals surface area (Å²) in [5.74, 6) is -1.38. The summed E-state index contributed by atoms with van der Waals surface area (Å²) in [5, 5.41) is 9.89. The lowest BCUT2D eigenvalue weighted by atomic mass is 10.1. The van der Waals surface area contributed by atoms with E-state index >= 15 is 0 Å². The Kier molecular flexibility index (Phi) is 4.35. The minimum atomic E-state index is -0.581. The van der Waals surface area contributed by atoms with Crippen LogP contribution in [-0.2, 0) is 4.79 Å². The molecule has 4 N–H and O–H groups in total. The minimum Gasteiger partial charge on any atom is -0.322 e. The number of nitrogens with zero attached hydrogens (tertiary/aromatic N) is 1. The van der Waals surface area contributed by atoms with E-state index in [1.165, 1.54) is 24.3 Å². The Morgan fingerprint density at radius 3 is 2.67 bits per heavy atom. The standard InChI is InChI=1S/C17H14F2N4O/c18-11-4-1-10(2-5-11)3-6-14-12-7-16(21-17(24)9-20)13(19)8-15(12)23-22-14/h1-8H,9,20H2,(H,21,24)(H,22,23)/b6-3+. The first-order valence-corrected chi connectivity index (χ1v) is 7.18. The highest BCUT2D eigenvalue weighted by atomic mass is 19.1. The summed E-state index contributed by atoms with van der Waals surface area (Å²) in [6.45, 7) is -0.236. The number of amides is 1. The molecule has 0 saturated carbocycles. The van der Waals surface area contributed by atoms with Gasteiger partial charge in [0.05, 0.1) is 23.4 Å². The van der Waals surface area contributed by atoms with Gasteiger partial charge in [0.1, 0.15) is 11.6 Å². The molecule has 0 aliphatic heterocycles. The fourth-order valence-electron chi connectivity index (χ4n) is 2.23. The molecule has 0 bridgehead atoms. The van der Waals surface area contributed by atoms with E-state index in [4.69, 9.17) is 5.73 Å². The second kappa shape index (κ2) is 6.59. The summed E-state index contributed by atoms with van der Waals surface area (Å²) in [4.78, 5) is 11.4. The Morgan fingerprint density at radius 2 is 1.96 bits per heavy atom. The second-order valence-electron chi connectivity index (χ2n) is 5.12. The molecule has 0 unspecified atom stereocenters. The van der Waals surface area contributed by atoms with E-state index in [1.807, 2.05) is 0 Å². The number of aromatic amines is 1. The molecule has 0 saturated heterocycles. The van der Waals surface area contributed by atoms with Crippen molar-refractivity contribution in [2.75, 3.05) is 11.9 Å². The largest absolute Gasteiger partial charge is 0.322 e. The molecule has 2 aromatic carbocycles. The number of aromatic nitrogens is 2. The van der Waals surface area contributed by atoms with Gasteiger partial charge in [-0.3, -0.25) is 9.89 Å². The van der Waals surface area contributed by atoms with Gasteiger partial charge in [-0.05, 0) is 29.8 Å². The predicted octanol–water partition coefficient (Wildman–Crippen LogP) is 2.91. The number of hydrogen-bond donors (Lipinski definition) is 3. The maximum atomic E-state index is 14.0. The number of halogens is 2. The van der Waals surface area contributed by atoms with Gasteiger partial charge in [-0.25, -0.2) is 8.78 Å². The van der Waals surface area contributed by atoms with Crippen molar-refractivity contribution in [3.05, 3.63) is 59.3 Å². The maximum absolute atomic E-state index is 14.0. The fraction of sp³-hybridized carbons (Fsp3) is 0.0588. The predicted molar refractivity (Wildman–Crippen MR) is 89.1 cm³/mol. The average molecular weight is 328 g/mol. The third-order valence-corrected chi connectivity index (χ3v) is 3.44. The third-order valence-electron chi connectivity index (χ3n) is 3.44. The van der Waals surface area contributed by atoms with Gasteiger partial charge in [-0.15, -0.1) is 0 Å². The number of hydrogen-bond acceptors (Lipinski definition) is 3. The van der Waals surface area contributed by atoms with Crippen LogP contribution in [0.3, 0.4) is 0 Å². The molecule has 1 heterocycles. The molecule has 0 fully saturated rings. The Labute approximate surface area is 136 Å². The van der Waals surface area contributed by atoms with E-state index < -0.39 is 11.7 Å². The van der Waals surface area contributed by atoms with Crippen LogP contribution in [0.1, 0.15) is 11.3 Å². The molecule has 0 aliphatic rings. The molecule has 3 rings (SSSR count). The van der Waals surface area contributed by atoms with E-state index in [9.17, 15) is 13.6 Å². The van der Waals surface area contributed by atoms with Crippen molar-refractivity contribution >= 4 is 34.6 Å². The molecule has 24 heavy (non-hydrogen) atoms. The number of carbonyl (C=O) groups is 1. The summed E-state index contributed by atoms with van der Waals surface area (Å²) < 4.78 is 26.9. The van der Waals surface area contributed by atoms with Gasteiger partial charge >= 0.3 is 0 Å². The van der Waals surface area contributed by atoms with Crippen molar-refractivity contribution in [1.29, 1.82) is 0 Å². The Balaban J connectivity index is 1.95. The van der Waals surface area contributed by atoms with Gasteiger partial charge in [0.2, 0.25) is 5.91 Å². The van der Waals surface area contributed by atoms with Crippen LogP contribution in [0.4, 0.5) is 14.5 Å². The molecule has 1 amide bonds. The topological polar surface area (TPSA) is 83.8 Å². The molecule has 0 atom stereocenters. The van der Waals surface area contributed by atoms with Crippen molar-refractivity contribution < 1.29 is 13.6 Å². The molecule has 0 radical (unpaired) electrons. The smallest absolute Gasteiger partial charge is 0.238 e. The number of anilines is 1. The quantitative estimate of drug-likeness (QED) is 0.688. The van der Waals surface area contributed by atoms with E-state index in [-0.39, 0.29) is 18.0 Å². The zero-order chi connectivity index (χ0) is 17.1. The monoisotopic (exact) mass is 328 g/mol. The Hall–Kier alpha value is -3.06. The summed E-state index contributed by atoms with van der Waals surface area (Å²) in [5.41, 5.74) is 7.12.